The van der Waals surface area contributed by atoms with Crippen molar-refractivity contribution in [2.45, 2.75) is 50.3 Å². The molecule has 3 heterocycles. The van der Waals surface area contributed by atoms with Crippen molar-refractivity contribution in [2.24, 2.45) is 5.92 Å². The molecule has 1 atom stereocenters. The molecule has 0 radical (unpaired) electrons. The van der Waals surface area contributed by atoms with Gasteiger partial charge in [0.25, 0.3) is 5.91 Å². The largest absolute Gasteiger partial charge is 0.338 e. The molecule has 24 heavy (non-hydrogen) atoms. The van der Waals surface area contributed by atoms with Crippen molar-refractivity contribution in [3.05, 3.63) is 16.3 Å². The van der Waals surface area contributed by atoms with Crippen LogP contribution in [-0.4, -0.2) is 49.7 Å². The van der Waals surface area contributed by atoms with Gasteiger partial charge in [0.05, 0.1) is 0 Å². The number of carbonyl (C=O) groups is 1. The first-order chi connectivity index (χ1) is 11.5. The Morgan fingerprint density at radius 1 is 1.12 bits per heavy atom. The summed E-state index contributed by atoms with van der Waals surface area (Å²) in [7, 11) is -3.56. The molecule has 5 nitrogen and oxygen atoms in total. The Bertz CT molecular complexity index is 678. The molecule has 0 bridgehead atoms. The van der Waals surface area contributed by atoms with Crippen molar-refractivity contribution >= 4 is 27.3 Å². The third kappa shape index (κ3) is 3.68. The Morgan fingerprint density at radius 3 is 2.58 bits per heavy atom. The summed E-state index contributed by atoms with van der Waals surface area (Å²) in [5.41, 5.74) is 0. The number of rotatable bonds is 3. The van der Waals surface area contributed by atoms with Crippen molar-refractivity contribution in [3.63, 3.8) is 0 Å². The van der Waals surface area contributed by atoms with Gasteiger partial charge in [-0.3, -0.25) is 4.79 Å². The predicted molar refractivity (Wildman–Crippen MR) is 95.8 cm³/mol. The van der Waals surface area contributed by atoms with Gasteiger partial charge < -0.3 is 4.90 Å². The second kappa shape index (κ2) is 7.54. The smallest absolute Gasteiger partial charge is 0.265 e. The van der Waals surface area contributed by atoms with E-state index < -0.39 is 10.0 Å². The molecule has 0 saturated carbocycles. The van der Waals surface area contributed by atoms with E-state index in [2.05, 4.69) is 6.92 Å². The van der Waals surface area contributed by atoms with Crippen LogP contribution in [0.4, 0.5) is 0 Å². The molecule has 2 aliphatic rings. The first kappa shape index (κ1) is 17.9. The lowest BCUT2D eigenvalue weighted by atomic mass is 10.1. The standard InChI is InChI=1S/C17H26N2O3S2/c1-14-7-3-6-9-18(13-14)17(20)16-15(8-12-23-16)24(21,22)19-10-4-2-5-11-19/h8,12,14H,2-7,9-11,13H2,1H3. The van der Waals surface area contributed by atoms with E-state index in [4.69, 9.17) is 0 Å². The van der Waals surface area contributed by atoms with E-state index in [-0.39, 0.29) is 10.8 Å². The summed E-state index contributed by atoms with van der Waals surface area (Å²) in [5.74, 6) is 0.355. The van der Waals surface area contributed by atoms with Crippen LogP contribution in [0.1, 0.15) is 55.1 Å². The number of piperidine rings is 1. The second-order valence-electron chi connectivity index (χ2n) is 6.93. The van der Waals surface area contributed by atoms with Crippen LogP contribution < -0.4 is 0 Å². The van der Waals surface area contributed by atoms with E-state index in [0.29, 0.717) is 23.9 Å². The molecule has 134 valence electrons. The fraction of sp³-hybridized carbons (Fsp3) is 0.706. The van der Waals surface area contributed by atoms with E-state index in [0.717, 1.165) is 51.6 Å². The Morgan fingerprint density at radius 2 is 1.83 bits per heavy atom. The molecule has 1 aromatic rings. The molecule has 2 fully saturated rings. The van der Waals surface area contributed by atoms with E-state index >= 15 is 0 Å². The highest BCUT2D eigenvalue weighted by molar-refractivity contribution is 7.89. The number of nitrogens with zero attached hydrogens (tertiary/aromatic N) is 2. The fourth-order valence-corrected chi connectivity index (χ4v) is 6.46. The van der Waals surface area contributed by atoms with Crippen LogP contribution in [-0.2, 0) is 10.0 Å². The van der Waals surface area contributed by atoms with Gasteiger partial charge >= 0.3 is 0 Å². The van der Waals surface area contributed by atoms with Crippen molar-refractivity contribution in [1.29, 1.82) is 0 Å². The predicted octanol–water partition coefficient (Wildman–Crippen LogP) is 3.18. The lowest BCUT2D eigenvalue weighted by Gasteiger charge is -2.27. The average Bonchev–Trinajstić information content (AvgIpc) is 2.98. The minimum atomic E-state index is -3.56. The quantitative estimate of drug-likeness (QED) is 0.821. The zero-order chi connectivity index (χ0) is 17.2. The van der Waals surface area contributed by atoms with Crippen molar-refractivity contribution in [2.75, 3.05) is 26.2 Å². The molecular formula is C17H26N2O3S2. The first-order valence-electron chi connectivity index (χ1n) is 8.87. The zero-order valence-electron chi connectivity index (χ0n) is 14.2. The van der Waals surface area contributed by atoms with Gasteiger partial charge in [-0.2, -0.15) is 4.31 Å². The van der Waals surface area contributed by atoms with Crippen LogP contribution >= 0.6 is 11.3 Å². The Balaban J connectivity index is 1.85. The molecule has 1 unspecified atom stereocenters. The van der Waals surface area contributed by atoms with Crippen molar-refractivity contribution in [1.82, 2.24) is 9.21 Å². The van der Waals surface area contributed by atoms with Crippen LogP contribution in [0, 0.1) is 5.92 Å². The van der Waals surface area contributed by atoms with Crippen LogP contribution in [0.2, 0.25) is 0 Å². The number of sulfonamides is 1. The SMILES string of the molecule is CC1CCCCN(C(=O)c2sccc2S(=O)(=O)N2CCCCC2)C1. The zero-order valence-corrected chi connectivity index (χ0v) is 15.9. The average molecular weight is 371 g/mol. The minimum absolute atomic E-state index is 0.116. The minimum Gasteiger partial charge on any atom is -0.338 e. The van der Waals surface area contributed by atoms with E-state index in [9.17, 15) is 13.2 Å². The third-order valence-corrected chi connectivity index (χ3v) is 7.92. The summed E-state index contributed by atoms with van der Waals surface area (Å²) in [4.78, 5) is 15.4. The molecule has 3 rings (SSSR count). The van der Waals surface area contributed by atoms with E-state index in [1.807, 2.05) is 4.90 Å². The fourth-order valence-electron chi connectivity index (χ4n) is 3.58. The van der Waals surface area contributed by atoms with Crippen molar-refractivity contribution < 1.29 is 13.2 Å². The molecule has 0 N–H and O–H groups in total. The Kier molecular flexibility index (Phi) is 5.62. The molecule has 2 saturated heterocycles. The molecule has 0 aromatic carbocycles. The number of thiophene rings is 1. The van der Waals surface area contributed by atoms with Crippen LogP contribution in [0.3, 0.4) is 0 Å². The monoisotopic (exact) mass is 370 g/mol. The van der Waals surface area contributed by atoms with Gasteiger partial charge in [-0.25, -0.2) is 8.42 Å². The topological polar surface area (TPSA) is 57.7 Å². The molecule has 7 heteroatoms. The van der Waals surface area contributed by atoms with Crippen LogP contribution in [0.15, 0.2) is 16.3 Å². The van der Waals surface area contributed by atoms with Gasteiger partial charge in [0.2, 0.25) is 10.0 Å². The van der Waals surface area contributed by atoms with Crippen molar-refractivity contribution in [3.8, 4) is 0 Å². The molecule has 0 aliphatic carbocycles. The van der Waals surface area contributed by atoms with E-state index in [1.54, 1.807) is 15.8 Å². The Hall–Kier alpha value is -0.920. The summed E-state index contributed by atoms with van der Waals surface area (Å²) in [6, 6.07) is 1.60. The van der Waals surface area contributed by atoms with E-state index in [1.165, 1.54) is 11.3 Å². The summed E-state index contributed by atoms with van der Waals surface area (Å²) in [6.45, 7) is 4.73. The molecule has 2 aliphatic heterocycles. The molecule has 1 amide bonds. The van der Waals surface area contributed by atoms with Gasteiger partial charge in [0, 0.05) is 26.2 Å². The molecule has 0 spiro atoms. The maximum Gasteiger partial charge on any atom is 0.265 e. The summed E-state index contributed by atoms with van der Waals surface area (Å²) in [6.07, 6.45) is 6.14. The summed E-state index contributed by atoms with van der Waals surface area (Å²) < 4.78 is 27.4. The molecular weight excluding hydrogens is 344 g/mol. The highest BCUT2D eigenvalue weighted by Crippen LogP contribution is 2.29. The highest BCUT2D eigenvalue weighted by Gasteiger charge is 2.33. The third-order valence-electron chi connectivity index (χ3n) is 4.95. The maximum atomic E-state index is 13.0. The number of carbonyl (C=O) groups excluding carboxylic acids is 1. The lowest BCUT2D eigenvalue weighted by molar-refractivity contribution is 0.0746. The normalized spacial score (nSPS) is 23.9. The summed E-state index contributed by atoms with van der Waals surface area (Å²) in [5, 5.41) is 1.73. The van der Waals surface area contributed by atoms with Crippen LogP contribution in [0.25, 0.3) is 0 Å². The van der Waals surface area contributed by atoms with Crippen LogP contribution in [0.5, 0.6) is 0 Å². The number of hydrogen-bond acceptors (Lipinski definition) is 4. The number of hydrogen-bond donors (Lipinski definition) is 0. The number of likely N-dealkylation sites (tertiary alicyclic amines) is 1. The van der Waals surface area contributed by atoms with Gasteiger partial charge in [0.1, 0.15) is 9.77 Å². The Labute approximate surface area is 148 Å². The molecule has 1 aromatic heterocycles. The highest BCUT2D eigenvalue weighted by atomic mass is 32.2. The van der Waals surface area contributed by atoms with Gasteiger partial charge in [-0.1, -0.05) is 19.8 Å². The van der Waals surface area contributed by atoms with Gasteiger partial charge in [-0.15, -0.1) is 11.3 Å². The first-order valence-corrected chi connectivity index (χ1v) is 11.2. The summed E-state index contributed by atoms with van der Waals surface area (Å²) >= 11 is 1.25. The lowest BCUT2D eigenvalue weighted by Crippen LogP contribution is -2.38. The number of amides is 1. The van der Waals surface area contributed by atoms with Gasteiger partial charge in [-0.05, 0) is 43.0 Å². The second-order valence-corrected chi connectivity index (χ2v) is 9.75. The maximum absolute atomic E-state index is 13.0. The van der Waals surface area contributed by atoms with Gasteiger partial charge in [0.15, 0.2) is 0 Å².